The van der Waals surface area contributed by atoms with Gasteiger partial charge in [-0.15, -0.1) is 0 Å². The molecule has 3 rings (SSSR count). The largest absolute Gasteiger partial charge is 0.376 e. The number of Topliss-reactive ketones (excluding diaryl/α,β-unsaturated/α-hetero) is 1. The molecule has 0 spiro atoms. The molecule has 0 bridgehead atoms. The first-order chi connectivity index (χ1) is 12.6. The minimum atomic E-state index is -0.171. The molecule has 4 nitrogen and oxygen atoms in total. The molecule has 0 radical (unpaired) electrons. The van der Waals surface area contributed by atoms with Gasteiger partial charge in [0.05, 0.1) is 6.54 Å². The number of ketones is 1. The van der Waals surface area contributed by atoms with Crippen molar-refractivity contribution in [3.05, 3.63) is 84.4 Å². The Balaban J connectivity index is 1.60. The highest BCUT2D eigenvalue weighted by molar-refractivity contribution is 6.00. The van der Waals surface area contributed by atoms with Crippen LogP contribution in [-0.4, -0.2) is 18.2 Å². The predicted octanol–water partition coefficient (Wildman–Crippen LogP) is 4.61. The van der Waals surface area contributed by atoms with Crippen molar-refractivity contribution in [1.29, 1.82) is 0 Å². The highest BCUT2D eigenvalue weighted by Crippen LogP contribution is 2.21. The average molecular weight is 344 g/mol. The first kappa shape index (κ1) is 17.4. The Morgan fingerprint density at radius 2 is 1.38 bits per heavy atom. The quantitative estimate of drug-likeness (QED) is 0.642. The van der Waals surface area contributed by atoms with Crippen molar-refractivity contribution >= 4 is 23.1 Å². The standard InChI is InChI=1S/C22H20N2O2/c1-16(25)20-9-5-6-10-21(20)23-15-22(26)24-19-13-11-18(12-14-19)17-7-3-2-4-8-17/h2-14,23H,15H2,1H3,(H,24,26). The number of hydrogen-bond acceptors (Lipinski definition) is 3. The second-order valence-corrected chi connectivity index (χ2v) is 5.95. The molecule has 4 heteroatoms. The Bertz CT molecular complexity index is 903. The van der Waals surface area contributed by atoms with Crippen molar-refractivity contribution in [1.82, 2.24) is 0 Å². The number of anilines is 2. The Morgan fingerprint density at radius 1 is 0.769 bits per heavy atom. The highest BCUT2D eigenvalue weighted by Gasteiger charge is 2.08. The molecule has 1 amide bonds. The molecule has 0 fully saturated rings. The summed E-state index contributed by atoms with van der Waals surface area (Å²) in [6.45, 7) is 1.60. The lowest BCUT2D eigenvalue weighted by Gasteiger charge is -2.11. The third-order valence-corrected chi connectivity index (χ3v) is 4.02. The number of benzene rings is 3. The summed E-state index contributed by atoms with van der Waals surface area (Å²) in [4.78, 5) is 23.8. The van der Waals surface area contributed by atoms with Gasteiger partial charge in [-0.05, 0) is 42.3 Å². The lowest BCUT2D eigenvalue weighted by molar-refractivity contribution is -0.114. The summed E-state index contributed by atoms with van der Waals surface area (Å²) in [6, 6.07) is 24.9. The van der Waals surface area contributed by atoms with Gasteiger partial charge in [-0.1, -0.05) is 54.6 Å². The number of hydrogen-bond donors (Lipinski definition) is 2. The monoisotopic (exact) mass is 344 g/mol. The van der Waals surface area contributed by atoms with Gasteiger partial charge in [0.1, 0.15) is 0 Å². The predicted molar refractivity (Wildman–Crippen MR) is 105 cm³/mol. The molecule has 0 unspecified atom stereocenters. The maximum absolute atomic E-state index is 12.2. The van der Waals surface area contributed by atoms with Crippen LogP contribution in [0.5, 0.6) is 0 Å². The van der Waals surface area contributed by atoms with Crippen molar-refractivity contribution in [2.75, 3.05) is 17.2 Å². The van der Waals surface area contributed by atoms with Crippen molar-refractivity contribution < 1.29 is 9.59 Å². The smallest absolute Gasteiger partial charge is 0.243 e. The summed E-state index contributed by atoms with van der Waals surface area (Å²) in [6.07, 6.45) is 0. The maximum Gasteiger partial charge on any atom is 0.243 e. The Kier molecular flexibility index (Phi) is 5.44. The summed E-state index contributed by atoms with van der Waals surface area (Å²) < 4.78 is 0. The molecule has 130 valence electrons. The normalized spacial score (nSPS) is 10.2. The molecule has 0 saturated heterocycles. The van der Waals surface area contributed by atoms with Crippen molar-refractivity contribution in [3.63, 3.8) is 0 Å². The van der Waals surface area contributed by atoms with Crippen LogP contribution < -0.4 is 10.6 Å². The fourth-order valence-electron chi connectivity index (χ4n) is 2.70. The van der Waals surface area contributed by atoms with Gasteiger partial charge in [0.2, 0.25) is 5.91 Å². The number of carbonyl (C=O) groups is 2. The average Bonchev–Trinajstić information content (AvgIpc) is 2.68. The first-order valence-corrected chi connectivity index (χ1v) is 8.42. The molecule has 3 aromatic carbocycles. The molecule has 0 saturated carbocycles. The molecular weight excluding hydrogens is 324 g/mol. The number of rotatable bonds is 6. The number of nitrogens with one attached hydrogen (secondary N) is 2. The van der Waals surface area contributed by atoms with Crippen LogP contribution in [0.25, 0.3) is 11.1 Å². The maximum atomic E-state index is 12.2. The van der Waals surface area contributed by atoms with E-state index in [0.717, 1.165) is 16.8 Å². The summed E-state index contributed by atoms with van der Waals surface area (Å²) >= 11 is 0. The third kappa shape index (κ3) is 4.36. The van der Waals surface area contributed by atoms with Crippen LogP contribution in [0.1, 0.15) is 17.3 Å². The zero-order chi connectivity index (χ0) is 18.4. The molecule has 0 heterocycles. The van der Waals surface area contributed by atoms with E-state index in [4.69, 9.17) is 0 Å². The van der Waals surface area contributed by atoms with Gasteiger partial charge in [0.15, 0.2) is 5.78 Å². The van der Waals surface area contributed by atoms with Gasteiger partial charge < -0.3 is 10.6 Å². The van der Waals surface area contributed by atoms with Gasteiger partial charge >= 0.3 is 0 Å². The molecule has 0 aromatic heterocycles. The number of para-hydroxylation sites is 1. The van der Waals surface area contributed by atoms with Crippen LogP contribution in [0.4, 0.5) is 11.4 Å². The van der Waals surface area contributed by atoms with E-state index in [2.05, 4.69) is 10.6 Å². The van der Waals surface area contributed by atoms with Gasteiger partial charge in [-0.2, -0.15) is 0 Å². The van der Waals surface area contributed by atoms with E-state index >= 15 is 0 Å². The summed E-state index contributed by atoms with van der Waals surface area (Å²) in [5.41, 5.74) is 4.20. The van der Waals surface area contributed by atoms with Crippen LogP contribution in [0.2, 0.25) is 0 Å². The van der Waals surface area contributed by atoms with E-state index in [1.807, 2.05) is 60.7 Å². The van der Waals surface area contributed by atoms with E-state index in [0.29, 0.717) is 11.3 Å². The topological polar surface area (TPSA) is 58.2 Å². The molecular formula is C22H20N2O2. The molecule has 0 aliphatic heterocycles. The summed E-state index contributed by atoms with van der Waals surface area (Å²) in [7, 11) is 0. The fraction of sp³-hybridized carbons (Fsp3) is 0.0909. The zero-order valence-electron chi connectivity index (χ0n) is 14.5. The second-order valence-electron chi connectivity index (χ2n) is 5.95. The molecule has 0 aliphatic rings. The van der Waals surface area contributed by atoms with Gasteiger partial charge in [-0.3, -0.25) is 9.59 Å². The zero-order valence-corrected chi connectivity index (χ0v) is 14.5. The van der Waals surface area contributed by atoms with E-state index < -0.39 is 0 Å². The van der Waals surface area contributed by atoms with Crippen LogP contribution >= 0.6 is 0 Å². The van der Waals surface area contributed by atoms with Crippen LogP contribution in [0.3, 0.4) is 0 Å². The second kappa shape index (κ2) is 8.12. The molecule has 2 N–H and O–H groups in total. The molecule has 0 atom stereocenters. The van der Waals surface area contributed by atoms with Crippen LogP contribution in [0, 0.1) is 0 Å². The molecule has 26 heavy (non-hydrogen) atoms. The number of carbonyl (C=O) groups excluding carboxylic acids is 2. The Morgan fingerprint density at radius 3 is 2.08 bits per heavy atom. The van der Waals surface area contributed by atoms with Crippen molar-refractivity contribution in [3.8, 4) is 11.1 Å². The van der Waals surface area contributed by atoms with Crippen LogP contribution in [0.15, 0.2) is 78.9 Å². The Hall–Kier alpha value is -3.40. The van der Waals surface area contributed by atoms with E-state index in [1.165, 1.54) is 6.92 Å². The van der Waals surface area contributed by atoms with Crippen molar-refractivity contribution in [2.45, 2.75) is 6.92 Å². The van der Waals surface area contributed by atoms with E-state index in [1.54, 1.807) is 18.2 Å². The van der Waals surface area contributed by atoms with Gasteiger partial charge in [-0.25, -0.2) is 0 Å². The number of amides is 1. The van der Waals surface area contributed by atoms with Crippen molar-refractivity contribution in [2.24, 2.45) is 0 Å². The van der Waals surface area contributed by atoms with Gasteiger partial charge in [0.25, 0.3) is 0 Å². The van der Waals surface area contributed by atoms with E-state index in [9.17, 15) is 9.59 Å². The highest BCUT2D eigenvalue weighted by atomic mass is 16.2. The van der Waals surface area contributed by atoms with E-state index in [-0.39, 0.29) is 18.2 Å². The van der Waals surface area contributed by atoms with Gasteiger partial charge in [0, 0.05) is 16.9 Å². The van der Waals surface area contributed by atoms with Crippen LogP contribution in [-0.2, 0) is 4.79 Å². The fourth-order valence-corrected chi connectivity index (χ4v) is 2.70. The third-order valence-electron chi connectivity index (χ3n) is 4.02. The Labute approximate surface area is 152 Å². The molecule has 0 aliphatic carbocycles. The lowest BCUT2D eigenvalue weighted by Crippen LogP contribution is -2.22. The molecule has 3 aromatic rings. The lowest BCUT2D eigenvalue weighted by atomic mass is 10.1. The summed E-state index contributed by atoms with van der Waals surface area (Å²) in [5, 5.41) is 5.87. The SMILES string of the molecule is CC(=O)c1ccccc1NCC(=O)Nc1ccc(-c2ccccc2)cc1. The minimum absolute atomic E-state index is 0.0370. The minimum Gasteiger partial charge on any atom is -0.376 e. The first-order valence-electron chi connectivity index (χ1n) is 8.42. The summed E-state index contributed by atoms with van der Waals surface area (Å²) in [5.74, 6) is -0.208.